The van der Waals surface area contributed by atoms with Gasteiger partial charge >= 0.3 is 0 Å². The highest BCUT2D eigenvalue weighted by Gasteiger charge is 2.48. The van der Waals surface area contributed by atoms with Gasteiger partial charge < -0.3 is 14.5 Å². The molecule has 1 spiro atoms. The van der Waals surface area contributed by atoms with Crippen LogP contribution in [0.25, 0.3) is 0 Å². The third kappa shape index (κ3) is 4.09. The molecule has 1 aliphatic carbocycles. The zero-order valence-corrected chi connectivity index (χ0v) is 19.2. The number of aromatic nitrogens is 1. The summed E-state index contributed by atoms with van der Waals surface area (Å²) in [4.78, 5) is 33.9. The van der Waals surface area contributed by atoms with Crippen LogP contribution < -0.4 is 4.74 Å². The number of ether oxygens (including phenoxy) is 1. The minimum absolute atomic E-state index is 0.0334. The van der Waals surface area contributed by atoms with Crippen LogP contribution in [0.4, 0.5) is 4.39 Å². The molecule has 3 aliphatic rings. The molecule has 6 nitrogen and oxygen atoms in total. The molecule has 5 rings (SSSR count). The first-order valence-electron chi connectivity index (χ1n) is 11.7. The number of hydrogen-bond donors (Lipinski definition) is 0. The van der Waals surface area contributed by atoms with E-state index in [1.807, 2.05) is 29.2 Å². The number of benzene rings is 1. The summed E-state index contributed by atoms with van der Waals surface area (Å²) in [5.41, 5.74) is 0.755. The van der Waals surface area contributed by atoms with E-state index in [1.54, 1.807) is 4.90 Å². The van der Waals surface area contributed by atoms with Crippen molar-refractivity contribution in [2.45, 2.75) is 51.7 Å². The van der Waals surface area contributed by atoms with Gasteiger partial charge in [0, 0.05) is 50.2 Å². The summed E-state index contributed by atoms with van der Waals surface area (Å²) in [5.74, 6) is 0.313. The number of carbonyl (C=O) groups excluding carboxylic acids is 2. The van der Waals surface area contributed by atoms with Gasteiger partial charge in [0.1, 0.15) is 17.2 Å². The molecular weight excluding hydrogens is 421 g/mol. The van der Waals surface area contributed by atoms with E-state index < -0.39 is 11.4 Å². The van der Waals surface area contributed by atoms with Gasteiger partial charge in [-0.05, 0) is 30.4 Å². The molecule has 33 heavy (non-hydrogen) atoms. The van der Waals surface area contributed by atoms with Crippen molar-refractivity contribution in [1.82, 2.24) is 14.8 Å². The Balaban J connectivity index is 1.37. The van der Waals surface area contributed by atoms with Crippen molar-refractivity contribution >= 4 is 11.8 Å². The number of nitrogens with zero attached hydrogens (tertiary/aromatic N) is 3. The van der Waals surface area contributed by atoms with Crippen LogP contribution in [0.3, 0.4) is 0 Å². The third-order valence-electron chi connectivity index (χ3n) is 7.68. The van der Waals surface area contributed by atoms with Crippen molar-refractivity contribution in [2.24, 2.45) is 11.3 Å². The maximum atomic E-state index is 13.5. The highest BCUT2D eigenvalue weighted by Crippen LogP contribution is 2.47. The first kappa shape index (κ1) is 21.9. The monoisotopic (exact) mass is 451 g/mol. The van der Waals surface area contributed by atoms with Crippen molar-refractivity contribution in [3.05, 3.63) is 59.7 Å². The molecule has 2 fully saturated rings. The van der Waals surface area contributed by atoms with E-state index in [0.29, 0.717) is 39.0 Å². The van der Waals surface area contributed by atoms with Gasteiger partial charge in [-0.15, -0.1) is 0 Å². The van der Waals surface area contributed by atoms with Crippen LogP contribution in [0, 0.1) is 17.2 Å². The molecule has 1 atom stereocenters. The van der Waals surface area contributed by atoms with E-state index in [9.17, 15) is 14.0 Å². The van der Waals surface area contributed by atoms with Crippen LogP contribution in [0.2, 0.25) is 0 Å². The fourth-order valence-corrected chi connectivity index (χ4v) is 5.40. The highest BCUT2D eigenvalue weighted by atomic mass is 19.1. The van der Waals surface area contributed by atoms with E-state index in [2.05, 4.69) is 18.8 Å². The Hall–Kier alpha value is -2.96. The molecule has 1 unspecified atom stereocenters. The van der Waals surface area contributed by atoms with E-state index in [-0.39, 0.29) is 28.7 Å². The predicted molar refractivity (Wildman–Crippen MR) is 121 cm³/mol. The molecule has 7 heteroatoms. The van der Waals surface area contributed by atoms with E-state index in [0.717, 1.165) is 30.4 Å². The van der Waals surface area contributed by atoms with Gasteiger partial charge in [0.15, 0.2) is 0 Å². The lowest BCUT2D eigenvalue weighted by molar-refractivity contribution is -0.149. The second-order valence-corrected chi connectivity index (χ2v) is 10.4. The minimum atomic E-state index is -0.548. The van der Waals surface area contributed by atoms with Crippen molar-refractivity contribution in [3.8, 4) is 5.75 Å². The van der Waals surface area contributed by atoms with E-state index in [4.69, 9.17) is 4.74 Å². The van der Waals surface area contributed by atoms with Crippen molar-refractivity contribution in [1.29, 1.82) is 0 Å². The number of piperidine rings is 1. The number of fused-ring (bicyclic) bond motifs is 1. The molecule has 0 N–H and O–H groups in total. The normalized spacial score (nSPS) is 23.2. The zero-order chi connectivity index (χ0) is 23.2. The van der Waals surface area contributed by atoms with Crippen molar-refractivity contribution < 1.29 is 18.7 Å². The number of hydrogen-bond acceptors (Lipinski definition) is 4. The highest BCUT2D eigenvalue weighted by molar-refractivity contribution is 5.94. The molecule has 174 valence electrons. The fraction of sp³-hybridized carbons (Fsp3) is 0.500. The second kappa shape index (κ2) is 8.12. The molecular formula is C26H30FN3O3. The lowest BCUT2D eigenvalue weighted by Crippen LogP contribution is -2.57. The average molecular weight is 452 g/mol. The first-order valence-corrected chi connectivity index (χ1v) is 11.7. The van der Waals surface area contributed by atoms with Gasteiger partial charge in [0.05, 0.1) is 18.3 Å². The number of rotatable bonds is 2. The first-order chi connectivity index (χ1) is 15.8. The van der Waals surface area contributed by atoms with Crippen molar-refractivity contribution in [3.63, 3.8) is 0 Å². The van der Waals surface area contributed by atoms with E-state index >= 15 is 0 Å². The lowest BCUT2D eigenvalue weighted by Gasteiger charge is -2.47. The Morgan fingerprint density at radius 3 is 2.52 bits per heavy atom. The maximum absolute atomic E-state index is 13.5. The topological polar surface area (TPSA) is 62.7 Å². The zero-order valence-electron chi connectivity index (χ0n) is 19.2. The molecule has 1 aromatic heterocycles. The van der Waals surface area contributed by atoms with Gasteiger partial charge in [0.2, 0.25) is 5.91 Å². The van der Waals surface area contributed by atoms with Crippen molar-refractivity contribution in [2.75, 3.05) is 19.6 Å². The number of pyridine rings is 1. The summed E-state index contributed by atoms with van der Waals surface area (Å²) < 4.78 is 20.1. The largest absolute Gasteiger partial charge is 0.485 e. The smallest absolute Gasteiger partial charge is 0.255 e. The molecule has 2 aliphatic heterocycles. The second-order valence-electron chi connectivity index (χ2n) is 10.4. The van der Waals surface area contributed by atoms with Gasteiger partial charge in [-0.2, -0.15) is 0 Å². The molecule has 1 aromatic carbocycles. The maximum Gasteiger partial charge on any atom is 0.255 e. The summed E-state index contributed by atoms with van der Waals surface area (Å²) in [6.07, 6.45) is 5.70. The molecule has 2 aromatic rings. The predicted octanol–water partition coefficient (Wildman–Crippen LogP) is 4.05. The molecule has 1 saturated heterocycles. The van der Waals surface area contributed by atoms with Crippen LogP contribution >= 0.6 is 0 Å². The Labute approximate surface area is 193 Å². The molecule has 0 bridgehead atoms. The minimum Gasteiger partial charge on any atom is -0.485 e. The van der Waals surface area contributed by atoms with Crippen LogP contribution in [0.15, 0.2) is 42.7 Å². The summed E-state index contributed by atoms with van der Waals surface area (Å²) in [7, 11) is 0. The summed E-state index contributed by atoms with van der Waals surface area (Å²) in [6, 6.07) is 9.14. The molecule has 1 saturated carbocycles. The summed E-state index contributed by atoms with van der Waals surface area (Å²) in [5, 5.41) is 0. The van der Waals surface area contributed by atoms with Crippen LogP contribution in [-0.2, 0) is 11.3 Å². The van der Waals surface area contributed by atoms with Gasteiger partial charge in [0.25, 0.3) is 5.91 Å². The van der Waals surface area contributed by atoms with Crippen LogP contribution in [0.5, 0.6) is 5.75 Å². The number of carbonyl (C=O) groups is 2. The summed E-state index contributed by atoms with van der Waals surface area (Å²) in [6.45, 7) is 6.35. The quantitative estimate of drug-likeness (QED) is 0.691. The molecule has 0 radical (unpaired) electrons. The SMILES string of the molecule is CC1(C)CCC1C(=O)N1Cc2ccccc2OC2(CCN(C(=O)c3cncc(F)c3)CC2)C1. The Morgan fingerprint density at radius 2 is 1.85 bits per heavy atom. The van der Waals surface area contributed by atoms with E-state index in [1.165, 1.54) is 12.3 Å². The lowest BCUT2D eigenvalue weighted by atomic mass is 9.62. The summed E-state index contributed by atoms with van der Waals surface area (Å²) >= 11 is 0. The number of halogens is 1. The van der Waals surface area contributed by atoms with Gasteiger partial charge in [-0.25, -0.2) is 4.39 Å². The third-order valence-corrected chi connectivity index (χ3v) is 7.68. The van der Waals surface area contributed by atoms with Crippen LogP contribution in [-0.4, -0.2) is 51.8 Å². The Kier molecular flexibility index (Phi) is 5.38. The standard InChI is InChI=1S/C26H30FN3O3/c1-25(2)8-7-21(25)24(32)30-16-18-5-3-4-6-22(18)33-26(17-30)9-11-29(12-10-26)23(31)19-13-20(27)15-28-14-19/h3-6,13-15,21H,7-12,16-17H2,1-2H3. The van der Waals surface area contributed by atoms with Gasteiger partial charge in [-0.1, -0.05) is 32.0 Å². The average Bonchev–Trinajstić information content (AvgIpc) is 2.95. The number of para-hydroxylation sites is 1. The fourth-order valence-electron chi connectivity index (χ4n) is 5.40. The van der Waals surface area contributed by atoms with Gasteiger partial charge in [-0.3, -0.25) is 14.6 Å². The Morgan fingerprint density at radius 1 is 1.09 bits per heavy atom. The molecule has 2 amide bonds. The molecule has 3 heterocycles. The number of likely N-dealkylation sites (tertiary alicyclic amines) is 1. The number of amides is 2. The Bertz CT molecular complexity index is 1080. The van der Waals surface area contributed by atoms with Crippen LogP contribution in [0.1, 0.15) is 55.5 Å².